The van der Waals surface area contributed by atoms with E-state index in [9.17, 15) is 45.3 Å². The summed E-state index contributed by atoms with van der Waals surface area (Å²) in [6.07, 6.45) is -1.39. The maximum atomic E-state index is 11.8. The molecule has 0 radical (unpaired) electrons. The molecule has 0 fully saturated rings. The summed E-state index contributed by atoms with van der Waals surface area (Å²) in [5, 5.41) is 71.2. The van der Waals surface area contributed by atoms with Gasteiger partial charge in [-0.15, -0.1) is 0 Å². The molecular weight excluding hydrogens is 404 g/mol. The van der Waals surface area contributed by atoms with E-state index in [1.54, 1.807) is 0 Å². The molecule has 166 valence electrons. The molecule has 2 amide bonds. The number of aliphatic hydroxyl groups is 1. The molecular formula is C17H24N4O9. The van der Waals surface area contributed by atoms with Gasteiger partial charge in [0.15, 0.2) is 23.3 Å². The third-order valence-corrected chi connectivity index (χ3v) is 4.25. The quantitative estimate of drug-likeness (QED) is 0.217. The Morgan fingerprint density at radius 3 is 1.43 bits per heavy atom. The summed E-state index contributed by atoms with van der Waals surface area (Å²) < 4.78 is 1.87. The van der Waals surface area contributed by atoms with Crippen molar-refractivity contribution in [2.75, 3.05) is 13.1 Å². The average molecular weight is 428 g/mol. The van der Waals surface area contributed by atoms with Crippen molar-refractivity contribution in [3.8, 4) is 35.0 Å². The minimum atomic E-state index is -1.09. The Morgan fingerprint density at radius 1 is 0.767 bits per heavy atom. The Morgan fingerprint density at radius 2 is 1.13 bits per heavy atom. The van der Waals surface area contributed by atoms with E-state index in [1.165, 1.54) is 0 Å². The van der Waals surface area contributed by atoms with Gasteiger partial charge in [0.05, 0.1) is 6.10 Å². The van der Waals surface area contributed by atoms with Crippen LogP contribution in [0.4, 0.5) is 0 Å². The molecule has 2 aromatic rings. The lowest BCUT2D eigenvalue weighted by atomic mass is 10.3. The fourth-order valence-electron chi connectivity index (χ4n) is 2.60. The summed E-state index contributed by atoms with van der Waals surface area (Å²) in [6, 6.07) is 1.86. The van der Waals surface area contributed by atoms with Gasteiger partial charge in [-0.2, -0.15) is 0 Å². The number of hydrogen-bond donors (Lipinski definition) is 9. The van der Waals surface area contributed by atoms with Gasteiger partial charge in [0.1, 0.15) is 0 Å². The van der Waals surface area contributed by atoms with E-state index >= 15 is 0 Å². The molecule has 0 bridgehead atoms. The number of nitrogens with one attached hydrogen (secondary N) is 2. The van der Waals surface area contributed by atoms with Crippen molar-refractivity contribution in [1.82, 2.24) is 19.8 Å². The van der Waals surface area contributed by atoms with Gasteiger partial charge in [0, 0.05) is 51.2 Å². The van der Waals surface area contributed by atoms with Crippen LogP contribution in [0.25, 0.3) is 0 Å². The maximum absolute atomic E-state index is 11.8. The van der Waals surface area contributed by atoms with E-state index in [-0.39, 0.29) is 39.0 Å². The second kappa shape index (κ2) is 9.65. The first-order chi connectivity index (χ1) is 14.1. The molecule has 30 heavy (non-hydrogen) atoms. The van der Waals surface area contributed by atoms with Gasteiger partial charge >= 0.3 is 0 Å². The van der Waals surface area contributed by atoms with Crippen LogP contribution in [0.15, 0.2) is 12.1 Å². The van der Waals surface area contributed by atoms with Crippen LogP contribution in [0.2, 0.25) is 0 Å². The average Bonchev–Trinajstić information content (AvgIpc) is 3.08. The van der Waals surface area contributed by atoms with Crippen LogP contribution in [0, 0.1) is 0 Å². The summed E-state index contributed by atoms with van der Waals surface area (Å²) in [4.78, 5) is 23.6. The van der Waals surface area contributed by atoms with Crippen LogP contribution in [0.3, 0.4) is 0 Å². The first-order valence-corrected chi connectivity index (χ1v) is 8.92. The van der Waals surface area contributed by atoms with Gasteiger partial charge in [-0.05, 0) is 0 Å². The third kappa shape index (κ3) is 5.64. The van der Waals surface area contributed by atoms with E-state index < -0.39 is 52.9 Å². The van der Waals surface area contributed by atoms with Crippen LogP contribution in [0.5, 0.6) is 35.0 Å². The van der Waals surface area contributed by atoms with E-state index in [2.05, 4.69) is 10.6 Å². The summed E-state index contributed by atoms with van der Waals surface area (Å²) in [5.41, 5.74) is 0. The standard InChI is InChI=1S/C17H24N4O9/c22-9(7-18-12(25)1-3-20-14(27)5-10(23)16(20)29)8-19-13(26)2-4-21-15(28)6-11(24)17(21)30/h5-6,9,22-24,27-30H,1-4,7-8H2,(H,18,25)(H,19,26). The van der Waals surface area contributed by atoms with E-state index in [1.807, 2.05) is 0 Å². The molecule has 0 saturated carbocycles. The molecule has 13 nitrogen and oxygen atoms in total. The Hall–Kier alpha value is -3.74. The molecule has 2 rings (SSSR count). The van der Waals surface area contributed by atoms with Gasteiger partial charge in [-0.3, -0.25) is 18.7 Å². The molecule has 0 aliphatic heterocycles. The summed E-state index contributed by atoms with van der Waals surface area (Å²) in [5.74, 6) is -3.97. The van der Waals surface area contributed by atoms with Crippen molar-refractivity contribution < 1.29 is 45.3 Å². The zero-order chi connectivity index (χ0) is 22.4. The molecule has 0 saturated heterocycles. The number of aromatic nitrogens is 2. The van der Waals surface area contributed by atoms with Crippen LogP contribution >= 0.6 is 0 Å². The largest absolute Gasteiger partial charge is 0.503 e. The number of carbonyl (C=O) groups excluding carboxylic acids is 2. The molecule has 0 unspecified atom stereocenters. The van der Waals surface area contributed by atoms with Crippen molar-refractivity contribution >= 4 is 11.8 Å². The minimum Gasteiger partial charge on any atom is -0.503 e. The summed E-state index contributed by atoms with van der Waals surface area (Å²) in [6.45, 7) is -0.542. The lowest BCUT2D eigenvalue weighted by Crippen LogP contribution is -2.40. The number of carbonyl (C=O) groups is 2. The fourth-order valence-corrected chi connectivity index (χ4v) is 2.60. The molecule has 0 aliphatic carbocycles. The third-order valence-electron chi connectivity index (χ3n) is 4.25. The highest BCUT2D eigenvalue weighted by Crippen LogP contribution is 2.33. The van der Waals surface area contributed by atoms with Crippen molar-refractivity contribution in [3.63, 3.8) is 0 Å². The van der Waals surface area contributed by atoms with E-state index in [4.69, 9.17) is 0 Å². The van der Waals surface area contributed by atoms with Gasteiger partial charge < -0.3 is 46.4 Å². The Bertz CT molecular complexity index is 833. The minimum absolute atomic E-state index is 0.106. The van der Waals surface area contributed by atoms with Crippen molar-refractivity contribution in [1.29, 1.82) is 0 Å². The molecule has 0 atom stereocenters. The van der Waals surface area contributed by atoms with Crippen LogP contribution in [-0.4, -0.2) is 75.9 Å². The van der Waals surface area contributed by atoms with Crippen molar-refractivity contribution in [3.05, 3.63) is 12.1 Å². The predicted octanol–water partition coefficient (Wildman–Crippen LogP) is -1.40. The molecule has 13 heteroatoms. The topological polar surface area (TPSA) is 210 Å². The smallest absolute Gasteiger partial charge is 0.237 e. The van der Waals surface area contributed by atoms with Gasteiger partial charge in [0.2, 0.25) is 23.6 Å². The van der Waals surface area contributed by atoms with Gasteiger partial charge in [0.25, 0.3) is 0 Å². The second-order valence-corrected chi connectivity index (χ2v) is 6.49. The monoisotopic (exact) mass is 428 g/mol. The Balaban J connectivity index is 1.66. The first kappa shape index (κ1) is 22.5. The van der Waals surface area contributed by atoms with Crippen molar-refractivity contribution in [2.45, 2.75) is 32.0 Å². The van der Waals surface area contributed by atoms with Crippen molar-refractivity contribution in [2.24, 2.45) is 0 Å². The molecule has 2 heterocycles. The lowest BCUT2D eigenvalue weighted by molar-refractivity contribution is -0.121. The number of rotatable bonds is 10. The Kier molecular flexibility index (Phi) is 7.25. The van der Waals surface area contributed by atoms with E-state index in [0.717, 1.165) is 21.3 Å². The fraction of sp³-hybridized carbons (Fsp3) is 0.412. The molecule has 9 N–H and O–H groups in total. The first-order valence-electron chi connectivity index (χ1n) is 8.92. The summed E-state index contributed by atoms with van der Waals surface area (Å²) in [7, 11) is 0. The molecule has 2 aromatic heterocycles. The second-order valence-electron chi connectivity index (χ2n) is 6.49. The SMILES string of the molecule is O=C(CCn1c(O)cc(O)c1O)NCC(O)CNC(=O)CCn1c(O)cc(O)c1O. The van der Waals surface area contributed by atoms with Crippen LogP contribution in [-0.2, 0) is 22.7 Å². The number of nitrogens with zero attached hydrogens (tertiary/aromatic N) is 2. The molecule has 0 spiro atoms. The van der Waals surface area contributed by atoms with Crippen LogP contribution in [0.1, 0.15) is 12.8 Å². The number of aromatic hydroxyl groups is 6. The molecule has 0 aliphatic rings. The van der Waals surface area contributed by atoms with Gasteiger partial charge in [-0.25, -0.2) is 0 Å². The number of amides is 2. The predicted molar refractivity (Wildman–Crippen MR) is 100 cm³/mol. The van der Waals surface area contributed by atoms with Crippen LogP contribution < -0.4 is 10.6 Å². The zero-order valence-electron chi connectivity index (χ0n) is 15.8. The highest BCUT2D eigenvalue weighted by Gasteiger charge is 2.16. The summed E-state index contributed by atoms with van der Waals surface area (Å²) >= 11 is 0. The maximum Gasteiger partial charge on any atom is 0.237 e. The lowest BCUT2D eigenvalue weighted by Gasteiger charge is -2.14. The normalized spacial score (nSPS) is 11.0. The van der Waals surface area contributed by atoms with E-state index in [0.29, 0.717) is 0 Å². The highest BCUT2D eigenvalue weighted by atomic mass is 16.3. The highest BCUT2D eigenvalue weighted by molar-refractivity contribution is 5.76. The number of hydrogen-bond acceptors (Lipinski definition) is 9. The zero-order valence-corrected chi connectivity index (χ0v) is 15.8. The number of aliphatic hydroxyl groups excluding tert-OH is 1. The Labute approximate surface area is 170 Å². The van der Waals surface area contributed by atoms with Gasteiger partial charge in [-0.1, -0.05) is 0 Å². The molecule has 0 aromatic carbocycles.